The highest BCUT2D eigenvalue weighted by Gasteiger charge is 2.09. The van der Waals surface area contributed by atoms with Crippen LogP contribution in [0.3, 0.4) is 0 Å². The number of benzene rings is 2. The normalized spacial score (nSPS) is 10.2. The Morgan fingerprint density at radius 2 is 2.00 bits per heavy atom. The van der Waals surface area contributed by atoms with Gasteiger partial charge in [0, 0.05) is 16.9 Å². The fourth-order valence-corrected chi connectivity index (χ4v) is 1.75. The van der Waals surface area contributed by atoms with Gasteiger partial charge in [-0.15, -0.1) is 0 Å². The number of nitrogens with one attached hydrogen (secondary N) is 1. The summed E-state index contributed by atoms with van der Waals surface area (Å²) in [5.41, 5.74) is 8.31. The van der Waals surface area contributed by atoms with Crippen molar-refractivity contribution in [3.05, 3.63) is 52.5 Å². The lowest BCUT2D eigenvalue weighted by molar-refractivity contribution is 0.102. The topological polar surface area (TPSA) is 75.3 Å². The van der Waals surface area contributed by atoms with Gasteiger partial charge in [-0.05, 0) is 42.8 Å². The fraction of sp³-hybridized carbons (Fsp3) is 0.0714. The summed E-state index contributed by atoms with van der Waals surface area (Å²) in [5, 5.41) is 12.2. The molecule has 0 aliphatic rings. The first-order chi connectivity index (χ1) is 8.97. The molecule has 19 heavy (non-hydrogen) atoms. The number of hydrogen-bond acceptors (Lipinski definition) is 3. The lowest BCUT2D eigenvalue weighted by atomic mass is 10.1. The predicted octanol–water partition coefficient (Wildman–Crippen LogP) is 3.19. The molecule has 4 N–H and O–H groups in total. The SMILES string of the molecule is Cc1ccc(NC(=O)c2ccc(O)c(Cl)c2)cc1N. The first-order valence-electron chi connectivity index (χ1n) is 5.63. The molecule has 0 fully saturated rings. The Hall–Kier alpha value is -2.20. The number of carbonyl (C=O) groups is 1. The summed E-state index contributed by atoms with van der Waals surface area (Å²) in [6.45, 7) is 1.89. The quantitative estimate of drug-likeness (QED) is 0.737. The summed E-state index contributed by atoms with van der Waals surface area (Å²) in [4.78, 5) is 12.0. The molecule has 2 rings (SSSR count). The number of aromatic hydroxyl groups is 1. The van der Waals surface area contributed by atoms with Crippen molar-refractivity contribution in [3.8, 4) is 5.75 Å². The molecule has 1 amide bonds. The van der Waals surface area contributed by atoms with Crippen molar-refractivity contribution in [2.24, 2.45) is 0 Å². The average molecular weight is 277 g/mol. The number of hydrogen-bond donors (Lipinski definition) is 3. The molecule has 2 aromatic carbocycles. The molecule has 2 aromatic rings. The maximum atomic E-state index is 12.0. The van der Waals surface area contributed by atoms with E-state index in [-0.39, 0.29) is 16.7 Å². The molecule has 0 atom stereocenters. The minimum atomic E-state index is -0.315. The molecule has 0 unspecified atom stereocenters. The van der Waals surface area contributed by atoms with Crippen LogP contribution in [0.5, 0.6) is 5.75 Å². The molecular weight excluding hydrogens is 264 g/mol. The van der Waals surface area contributed by atoms with Gasteiger partial charge in [0.2, 0.25) is 0 Å². The van der Waals surface area contributed by atoms with E-state index in [2.05, 4.69) is 5.32 Å². The van der Waals surface area contributed by atoms with E-state index in [1.54, 1.807) is 12.1 Å². The van der Waals surface area contributed by atoms with E-state index in [4.69, 9.17) is 17.3 Å². The van der Waals surface area contributed by atoms with Gasteiger partial charge in [0.25, 0.3) is 5.91 Å². The van der Waals surface area contributed by atoms with Crippen molar-refractivity contribution >= 4 is 28.9 Å². The van der Waals surface area contributed by atoms with Crippen LogP contribution in [0.1, 0.15) is 15.9 Å². The summed E-state index contributed by atoms with van der Waals surface area (Å²) in [5.74, 6) is -0.372. The molecule has 0 bridgehead atoms. The number of phenolic OH excluding ortho intramolecular Hbond substituents is 1. The first kappa shape index (κ1) is 13.2. The van der Waals surface area contributed by atoms with Gasteiger partial charge in [0.15, 0.2) is 0 Å². The van der Waals surface area contributed by atoms with E-state index >= 15 is 0 Å². The Labute approximate surface area is 115 Å². The predicted molar refractivity (Wildman–Crippen MR) is 76.7 cm³/mol. The number of rotatable bonds is 2. The Bertz CT molecular complexity index is 641. The molecular formula is C14H13ClN2O2. The molecule has 0 aliphatic heterocycles. The van der Waals surface area contributed by atoms with Crippen LogP contribution in [0.25, 0.3) is 0 Å². The van der Waals surface area contributed by atoms with Crippen LogP contribution < -0.4 is 11.1 Å². The van der Waals surface area contributed by atoms with Crippen molar-refractivity contribution in [2.75, 3.05) is 11.1 Å². The zero-order chi connectivity index (χ0) is 14.0. The van der Waals surface area contributed by atoms with Crippen molar-refractivity contribution in [2.45, 2.75) is 6.92 Å². The Balaban J connectivity index is 2.20. The molecule has 0 saturated carbocycles. The lowest BCUT2D eigenvalue weighted by Crippen LogP contribution is -2.12. The Morgan fingerprint density at radius 1 is 1.26 bits per heavy atom. The number of carbonyl (C=O) groups excluding carboxylic acids is 1. The second-order valence-corrected chi connectivity index (χ2v) is 4.60. The van der Waals surface area contributed by atoms with Gasteiger partial charge in [-0.25, -0.2) is 0 Å². The molecule has 0 spiro atoms. The standard InChI is InChI=1S/C14H13ClN2O2/c1-8-2-4-10(7-12(8)16)17-14(19)9-3-5-13(18)11(15)6-9/h2-7,18H,16H2,1H3,(H,17,19). The van der Waals surface area contributed by atoms with Crippen molar-refractivity contribution in [1.82, 2.24) is 0 Å². The van der Waals surface area contributed by atoms with Crippen molar-refractivity contribution in [3.63, 3.8) is 0 Å². The summed E-state index contributed by atoms with van der Waals surface area (Å²) in [6, 6.07) is 9.56. The largest absolute Gasteiger partial charge is 0.506 e. The molecule has 0 aromatic heterocycles. The van der Waals surface area contributed by atoms with E-state index in [0.717, 1.165) is 5.56 Å². The summed E-state index contributed by atoms with van der Waals surface area (Å²) < 4.78 is 0. The zero-order valence-electron chi connectivity index (χ0n) is 10.3. The van der Waals surface area contributed by atoms with Crippen LogP contribution in [0.2, 0.25) is 5.02 Å². The van der Waals surface area contributed by atoms with Gasteiger partial charge in [0.1, 0.15) is 5.75 Å². The number of aryl methyl sites for hydroxylation is 1. The van der Waals surface area contributed by atoms with Gasteiger partial charge in [-0.3, -0.25) is 4.79 Å². The minimum absolute atomic E-state index is 0.0576. The molecule has 0 aliphatic carbocycles. The van der Waals surface area contributed by atoms with Crippen LogP contribution in [0, 0.1) is 6.92 Å². The zero-order valence-corrected chi connectivity index (χ0v) is 11.0. The van der Waals surface area contributed by atoms with Crippen LogP contribution in [0.4, 0.5) is 11.4 Å². The third-order valence-electron chi connectivity index (χ3n) is 2.75. The Morgan fingerprint density at radius 3 is 2.63 bits per heavy atom. The smallest absolute Gasteiger partial charge is 0.255 e. The molecule has 0 radical (unpaired) electrons. The van der Waals surface area contributed by atoms with E-state index < -0.39 is 0 Å². The van der Waals surface area contributed by atoms with Gasteiger partial charge >= 0.3 is 0 Å². The fourth-order valence-electron chi connectivity index (χ4n) is 1.57. The number of nitrogen functional groups attached to an aromatic ring is 1. The molecule has 0 heterocycles. The van der Waals surface area contributed by atoms with Crippen molar-refractivity contribution in [1.29, 1.82) is 0 Å². The number of amides is 1. The molecule has 5 heteroatoms. The third kappa shape index (κ3) is 2.98. The second kappa shape index (κ2) is 5.20. The summed E-state index contributed by atoms with van der Waals surface area (Å²) >= 11 is 5.76. The number of phenols is 1. The van der Waals surface area contributed by atoms with Crippen LogP contribution >= 0.6 is 11.6 Å². The minimum Gasteiger partial charge on any atom is -0.506 e. The van der Waals surface area contributed by atoms with Crippen LogP contribution in [0.15, 0.2) is 36.4 Å². The highest BCUT2D eigenvalue weighted by molar-refractivity contribution is 6.32. The monoisotopic (exact) mass is 276 g/mol. The van der Waals surface area contributed by atoms with Gasteiger partial charge in [-0.2, -0.15) is 0 Å². The number of halogens is 1. The third-order valence-corrected chi connectivity index (χ3v) is 3.05. The Kier molecular flexibility index (Phi) is 3.62. The highest BCUT2D eigenvalue weighted by atomic mass is 35.5. The van der Waals surface area contributed by atoms with E-state index in [9.17, 15) is 9.90 Å². The molecule has 98 valence electrons. The van der Waals surface area contributed by atoms with Gasteiger partial charge in [0.05, 0.1) is 5.02 Å². The van der Waals surface area contributed by atoms with E-state index in [1.165, 1.54) is 18.2 Å². The first-order valence-corrected chi connectivity index (χ1v) is 6.01. The van der Waals surface area contributed by atoms with Gasteiger partial charge in [-0.1, -0.05) is 17.7 Å². The summed E-state index contributed by atoms with van der Waals surface area (Å²) in [6.07, 6.45) is 0. The maximum absolute atomic E-state index is 12.0. The van der Waals surface area contributed by atoms with E-state index in [1.807, 2.05) is 13.0 Å². The summed E-state index contributed by atoms with van der Waals surface area (Å²) in [7, 11) is 0. The van der Waals surface area contributed by atoms with E-state index in [0.29, 0.717) is 16.9 Å². The van der Waals surface area contributed by atoms with Crippen LogP contribution in [-0.2, 0) is 0 Å². The number of anilines is 2. The van der Waals surface area contributed by atoms with Crippen molar-refractivity contribution < 1.29 is 9.90 Å². The molecule has 4 nitrogen and oxygen atoms in total. The average Bonchev–Trinajstić information content (AvgIpc) is 2.37. The van der Waals surface area contributed by atoms with Gasteiger partial charge < -0.3 is 16.2 Å². The number of nitrogens with two attached hydrogens (primary N) is 1. The highest BCUT2D eigenvalue weighted by Crippen LogP contribution is 2.24. The second-order valence-electron chi connectivity index (χ2n) is 4.19. The lowest BCUT2D eigenvalue weighted by Gasteiger charge is -2.08. The maximum Gasteiger partial charge on any atom is 0.255 e. The molecule has 0 saturated heterocycles. The van der Waals surface area contributed by atoms with Crippen LogP contribution in [-0.4, -0.2) is 11.0 Å².